The first-order valence-electron chi connectivity index (χ1n) is 16.0. The zero-order valence-corrected chi connectivity index (χ0v) is 27.5. The number of carbonyl (C=O) groups excluding carboxylic acids is 2. The minimum Gasteiger partial charge on any atom is -0.508 e. The number of likely N-dealkylation sites (N-methyl/N-ethyl adjacent to an activating group) is 1. The number of esters is 1. The number of benzene rings is 3. The number of phenolic OH excluding ortho intramolecular Hbond substituents is 2. The van der Waals surface area contributed by atoms with Gasteiger partial charge in [-0.15, -0.1) is 0 Å². The number of hydrogen-bond acceptors (Lipinski definition) is 11. The van der Waals surface area contributed by atoms with Crippen LogP contribution < -0.4 is 24.3 Å². The molecule has 0 spiro atoms. The van der Waals surface area contributed by atoms with E-state index in [-0.39, 0.29) is 55.3 Å². The zero-order valence-electron chi connectivity index (χ0n) is 27.5. The van der Waals surface area contributed by atoms with Crippen molar-refractivity contribution in [2.75, 3.05) is 27.5 Å². The van der Waals surface area contributed by atoms with Crippen LogP contribution in [0.25, 0.3) is 0 Å². The van der Waals surface area contributed by atoms with Crippen molar-refractivity contribution in [3.8, 4) is 40.6 Å². The second kappa shape index (κ2) is 11.9. The Labute approximate surface area is 278 Å². The number of fused-ring (bicyclic) bond motifs is 9. The van der Waals surface area contributed by atoms with Gasteiger partial charge in [-0.05, 0) is 62.6 Å². The van der Waals surface area contributed by atoms with E-state index in [1.54, 1.807) is 12.1 Å². The molecule has 48 heavy (non-hydrogen) atoms. The van der Waals surface area contributed by atoms with Crippen LogP contribution >= 0.6 is 0 Å². The van der Waals surface area contributed by atoms with Gasteiger partial charge < -0.3 is 34.5 Å². The molecule has 12 heteroatoms. The quantitative estimate of drug-likeness (QED) is 0.264. The van der Waals surface area contributed by atoms with E-state index in [1.165, 1.54) is 26.2 Å². The number of hydrogen-bond donors (Lipinski definition) is 3. The molecular weight excluding hydrogens is 616 g/mol. The molecule has 0 aromatic heterocycles. The monoisotopic (exact) mass is 654 g/mol. The first-order chi connectivity index (χ1) is 23.0. The molecule has 12 nitrogen and oxygen atoms in total. The summed E-state index contributed by atoms with van der Waals surface area (Å²) in [5.74, 6) is 1.22. The second-order valence-electron chi connectivity index (χ2n) is 13.0. The lowest BCUT2D eigenvalue weighted by Crippen LogP contribution is -2.68. The van der Waals surface area contributed by atoms with Crippen LogP contribution in [0.3, 0.4) is 0 Å². The fraction of sp³-hybridized carbons (Fsp3) is 0.417. The van der Waals surface area contributed by atoms with Crippen molar-refractivity contribution in [2.45, 2.75) is 70.2 Å². The SMILES string of the molecule is COc1c(C)cc2c(c1O)[C@@H]1[C@@H]3Cc4c(OC(C)=O)c(C)c5c(c4[C@H](CNC(=O)Cc4ccc(O)cc4)N3[C@@H](C#N)[C@@H](C2)N1C)OCO5. The van der Waals surface area contributed by atoms with Gasteiger partial charge in [-0.25, -0.2) is 0 Å². The van der Waals surface area contributed by atoms with Gasteiger partial charge in [-0.1, -0.05) is 18.2 Å². The number of aryl methyl sites for hydroxylation is 1. The largest absolute Gasteiger partial charge is 0.508 e. The van der Waals surface area contributed by atoms with Crippen LogP contribution in [0.1, 0.15) is 58.0 Å². The Bertz CT molecular complexity index is 1870. The maximum atomic E-state index is 13.4. The summed E-state index contributed by atoms with van der Waals surface area (Å²) in [7, 11) is 3.51. The molecule has 0 radical (unpaired) electrons. The average molecular weight is 655 g/mol. The molecule has 3 N–H and O–H groups in total. The third-order valence-electron chi connectivity index (χ3n) is 10.3. The molecule has 250 valence electrons. The van der Waals surface area contributed by atoms with Gasteiger partial charge in [0.25, 0.3) is 0 Å². The number of phenols is 2. The van der Waals surface area contributed by atoms with Crippen LogP contribution in [0.5, 0.6) is 34.5 Å². The molecule has 1 fully saturated rings. The standard InChI is InChI=1S/C36H38N4O8/c1-17-10-21-12-24-26(14-37)40-25(31(39(24)4)29(21)32(44)33(17)45-5)13-23-30(36-35(46-16-47-36)18(2)34(23)48-19(3)41)27(40)15-38-28(43)11-20-6-8-22(42)9-7-20/h6-10,24-27,31,42,44H,11-13,15-16H2,1-5H3,(H,38,43)/t24-,25+,26+,27+,31+/m1/s1. The van der Waals surface area contributed by atoms with Crippen LogP contribution in [0.4, 0.5) is 0 Å². The molecule has 5 atom stereocenters. The summed E-state index contributed by atoms with van der Waals surface area (Å²) in [4.78, 5) is 30.2. The van der Waals surface area contributed by atoms with Crippen LogP contribution in [0, 0.1) is 25.2 Å². The van der Waals surface area contributed by atoms with Crippen LogP contribution in [0.2, 0.25) is 0 Å². The van der Waals surface area contributed by atoms with Crippen molar-refractivity contribution < 1.29 is 38.7 Å². The van der Waals surface area contributed by atoms with Gasteiger partial charge in [-0.3, -0.25) is 19.4 Å². The molecule has 1 amide bonds. The maximum absolute atomic E-state index is 13.4. The Kier molecular flexibility index (Phi) is 7.84. The van der Waals surface area contributed by atoms with E-state index in [2.05, 4.69) is 21.2 Å². The van der Waals surface area contributed by atoms with Crippen LogP contribution in [0.15, 0.2) is 30.3 Å². The van der Waals surface area contributed by atoms with E-state index < -0.39 is 18.1 Å². The first-order valence-corrected chi connectivity index (χ1v) is 16.0. The van der Waals surface area contributed by atoms with E-state index in [0.29, 0.717) is 47.0 Å². The highest BCUT2D eigenvalue weighted by atomic mass is 16.7. The molecule has 3 aromatic carbocycles. The third kappa shape index (κ3) is 4.88. The molecule has 4 heterocycles. The Balaban J connectivity index is 1.39. The van der Waals surface area contributed by atoms with Crippen molar-refractivity contribution in [3.63, 3.8) is 0 Å². The highest BCUT2D eigenvalue weighted by Gasteiger charge is 2.56. The summed E-state index contributed by atoms with van der Waals surface area (Å²) in [5.41, 5.74) is 5.32. The molecular formula is C36H38N4O8. The smallest absolute Gasteiger partial charge is 0.308 e. The molecule has 1 saturated heterocycles. The summed E-state index contributed by atoms with van der Waals surface area (Å²) >= 11 is 0. The summed E-state index contributed by atoms with van der Waals surface area (Å²) in [5, 5.41) is 35.3. The lowest BCUT2D eigenvalue weighted by molar-refractivity contribution is -0.132. The number of ether oxygens (including phenoxy) is 4. The van der Waals surface area contributed by atoms with Crippen molar-refractivity contribution in [2.24, 2.45) is 0 Å². The first kappa shape index (κ1) is 31.6. The lowest BCUT2D eigenvalue weighted by atomic mass is 9.71. The number of carbonyl (C=O) groups is 2. The molecule has 0 unspecified atom stereocenters. The molecule has 0 aliphatic carbocycles. The molecule has 2 bridgehead atoms. The third-order valence-corrected chi connectivity index (χ3v) is 10.3. The predicted molar refractivity (Wildman–Crippen MR) is 172 cm³/mol. The van der Waals surface area contributed by atoms with Gasteiger partial charge in [0.1, 0.15) is 17.5 Å². The van der Waals surface area contributed by atoms with E-state index >= 15 is 0 Å². The number of aromatic hydroxyl groups is 2. The van der Waals surface area contributed by atoms with Gasteiger partial charge in [0.05, 0.1) is 31.7 Å². The number of piperazine rings is 1. The number of nitrogens with zero attached hydrogens (tertiary/aromatic N) is 3. The van der Waals surface area contributed by atoms with Gasteiger partial charge in [0.2, 0.25) is 12.7 Å². The average Bonchev–Trinajstić information content (AvgIpc) is 3.54. The fourth-order valence-corrected chi connectivity index (χ4v) is 8.38. The summed E-state index contributed by atoms with van der Waals surface area (Å²) in [6, 6.07) is 8.95. The topological polar surface area (TPSA) is 154 Å². The highest BCUT2D eigenvalue weighted by Crippen LogP contribution is 2.58. The second-order valence-corrected chi connectivity index (χ2v) is 13.0. The Morgan fingerprint density at radius 1 is 1.06 bits per heavy atom. The molecule has 0 saturated carbocycles. The zero-order chi connectivity index (χ0) is 34.0. The predicted octanol–water partition coefficient (Wildman–Crippen LogP) is 3.51. The molecule has 4 aliphatic rings. The minimum absolute atomic E-state index is 0.0223. The number of amides is 1. The molecule has 4 aliphatic heterocycles. The van der Waals surface area contributed by atoms with E-state index in [1.807, 2.05) is 27.0 Å². The summed E-state index contributed by atoms with van der Waals surface area (Å²) < 4.78 is 23.5. The van der Waals surface area contributed by atoms with Crippen LogP contribution in [-0.4, -0.2) is 77.5 Å². The Hall–Kier alpha value is -4.99. The van der Waals surface area contributed by atoms with Crippen molar-refractivity contribution >= 4 is 11.9 Å². The highest BCUT2D eigenvalue weighted by molar-refractivity contribution is 5.79. The van der Waals surface area contributed by atoms with Crippen molar-refractivity contribution in [3.05, 3.63) is 69.3 Å². The van der Waals surface area contributed by atoms with Gasteiger partial charge in [0, 0.05) is 47.8 Å². The fourth-order valence-electron chi connectivity index (χ4n) is 8.38. The Morgan fingerprint density at radius 2 is 1.79 bits per heavy atom. The van der Waals surface area contributed by atoms with Crippen molar-refractivity contribution in [1.82, 2.24) is 15.1 Å². The molecule has 3 aromatic rings. The van der Waals surface area contributed by atoms with Crippen molar-refractivity contribution in [1.29, 1.82) is 5.26 Å². The van der Waals surface area contributed by atoms with E-state index in [0.717, 1.165) is 27.8 Å². The molecule has 7 rings (SSSR count). The maximum Gasteiger partial charge on any atom is 0.308 e. The number of rotatable bonds is 6. The van der Waals surface area contributed by atoms with Gasteiger partial charge in [-0.2, -0.15) is 5.26 Å². The number of methoxy groups -OCH3 is 1. The number of nitrogens with one attached hydrogen (secondary N) is 1. The number of nitriles is 1. The minimum atomic E-state index is -0.599. The summed E-state index contributed by atoms with van der Waals surface area (Å²) in [6.45, 7) is 5.16. The lowest BCUT2D eigenvalue weighted by Gasteiger charge is -2.60. The van der Waals surface area contributed by atoms with Crippen LogP contribution in [-0.2, 0) is 28.9 Å². The Morgan fingerprint density at radius 3 is 2.48 bits per heavy atom. The van der Waals surface area contributed by atoms with Gasteiger partial charge >= 0.3 is 5.97 Å². The summed E-state index contributed by atoms with van der Waals surface area (Å²) in [6.07, 6.45) is 0.977. The normalized spacial score (nSPS) is 23.7. The van der Waals surface area contributed by atoms with E-state index in [9.17, 15) is 25.1 Å². The van der Waals surface area contributed by atoms with E-state index in [4.69, 9.17) is 18.9 Å². The van der Waals surface area contributed by atoms with Gasteiger partial charge in [0.15, 0.2) is 23.0 Å².